The van der Waals surface area contributed by atoms with Gasteiger partial charge < -0.3 is 9.32 Å². The summed E-state index contributed by atoms with van der Waals surface area (Å²) in [6.45, 7) is 2.71. The molecule has 6 heteroatoms. The van der Waals surface area contributed by atoms with Crippen LogP contribution in [-0.2, 0) is 24.2 Å². The highest BCUT2D eigenvalue weighted by Crippen LogP contribution is 2.30. The molecule has 0 bridgehead atoms. The molecule has 1 amide bonds. The zero-order valence-corrected chi connectivity index (χ0v) is 17.4. The summed E-state index contributed by atoms with van der Waals surface area (Å²) in [6.07, 6.45) is 3.39. The minimum atomic E-state index is 0.0452. The lowest BCUT2D eigenvalue weighted by molar-refractivity contribution is -0.130. The number of aryl methyl sites for hydroxylation is 2. The van der Waals surface area contributed by atoms with E-state index in [1.165, 1.54) is 5.56 Å². The van der Waals surface area contributed by atoms with Gasteiger partial charge in [0.15, 0.2) is 11.7 Å². The summed E-state index contributed by atoms with van der Waals surface area (Å²) in [6, 6.07) is 13.5. The van der Waals surface area contributed by atoms with Crippen molar-refractivity contribution in [3.8, 4) is 11.3 Å². The summed E-state index contributed by atoms with van der Waals surface area (Å²) in [5.74, 6) is 1.12. The van der Waals surface area contributed by atoms with E-state index in [1.807, 2.05) is 7.05 Å². The molecule has 3 aromatic rings. The average molecular weight is 417 g/mol. The number of carbonyl (C=O) groups excluding carboxylic acids is 1. The van der Waals surface area contributed by atoms with Crippen LogP contribution in [0.4, 0.5) is 0 Å². The van der Waals surface area contributed by atoms with Crippen molar-refractivity contribution in [1.82, 2.24) is 9.88 Å². The molecule has 0 aliphatic heterocycles. The average Bonchev–Trinajstić information content (AvgIpc) is 3.15. The number of hydrogen-bond acceptors (Lipinski definition) is 3. The van der Waals surface area contributed by atoms with Crippen LogP contribution < -0.4 is 0 Å². The zero-order valence-electron chi connectivity index (χ0n) is 15.9. The first-order chi connectivity index (χ1) is 13.5. The molecule has 2 aromatic carbocycles. The van der Waals surface area contributed by atoms with Gasteiger partial charge in [0.25, 0.3) is 0 Å². The van der Waals surface area contributed by atoms with E-state index in [1.54, 1.807) is 29.3 Å². The Morgan fingerprint density at radius 1 is 1.11 bits per heavy atom. The third kappa shape index (κ3) is 5.15. The van der Waals surface area contributed by atoms with Crippen LogP contribution >= 0.6 is 23.2 Å². The normalized spacial score (nSPS) is 10.9. The van der Waals surface area contributed by atoms with Gasteiger partial charge in [-0.25, -0.2) is 4.98 Å². The summed E-state index contributed by atoms with van der Waals surface area (Å²) in [5, 5.41) is 1.06. The van der Waals surface area contributed by atoms with E-state index < -0.39 is 0 Å². The van der Waals surface area contributed by atoms with Crippen molar-refractivity contribution in [1.29, 1.82) is 0 Å². The monoisotopic (exact) mass is 416 g/mol. The number of benzene rings is 2. The molecule has 0 N–H and O–H groups in total. The Kier molecular flexibility index (Phi) is 6.76. The van der Waals surface area contributed by atoms with Crippen molar-refractivity contribution in [2.75, 3.05) is 7.05 Å². The highest BCUT2D eigenvalue weighted by atomic mass is 35.5. The molecule has 0 atom stereocenters. The lowest BCUT2D eigenvalue weighted by Gasteiger charge is -2.17. The highest BCUT2D eigenvalue weighted by molar-refractivity contribution is 6.36. The molecule has 0 spiro atoms. The van der Waals surface area contributed by atoms with Gasteiger partial charge >= 0.3 is 0 Å². The SMILES string of the molecule is CCc1ccc(CN(C)C(=O)CCc2ncc(-c3ccc(Cl)cc3Cl)o2)cc1. The lowest BCUT2D eigenvalue weighted by Crippen LogP contribution is -2.26. The molecule has 0 aliphatic carbocycles. The predicted molar refractivity (Wildman–Crippen MR) is 113 cm³/mol. The summed E-state index contributed by atoms with van der Waals surface area (Å²) < 4.78 is 5.75. The van der Waals surface area contributed by atoms with Gasteiger partial charge in [-0.3, -0.25) is 4.79 Å². The maximum absolute atomic E-state index is 12.4. The zero-order chi connectivity index (χ0) is 20.1. The third-order valence-electron chi connectivity index (χ3n) is 4.58. The largest absolute Gasteiger partial charge is 0.441 e. The number of nitrogens with zero attached hydrogens (tertiary/aromatic N) is 2. The minimum Gasteiger partial charge on any atom is -0.441 e. The highest BCUT2D eigenvalue weighted by Gasteiger charge is 2.14. The molecule has 28 heavy (non-hydrogen) atoms. The molecule has 1 heterocycles. The molecule has 4 nitrogen and oxygen atoms in total. The van der Waals surface area contributed by atoms with Crippen LogP contribution in [0.25, 0.3) is 11.3 Å². The van der Waals surface area contributed by atoms with Crippen molar-refractivity contribution in [3.05, 3.63) is 75.7 Å². The topological polar surface area (TPSA) is 46.3 Å². The molecule has 1 aromatic heterocycles. The van der Waals surface area contributed by atoms with E-state index in [4.69, 9.17) is 27.6 Å². The van der Waals surface area contributed by atoms with Crippen LogP contribution in [0.1, 0.15) is 30.4 Å². The first-order valence-corrected chi connectivity index (χ1v) is 9.93. The van der Waals surface area contributed by atoms with Crippen LogP contribution in [0.2, 0.25) is 10.0 Å². The van der Waals surface area contributed by atoms with Crippen LogP contribution in [-0.4, -0.2) is 22.8 Å². The fourth-order valence-corrected chi connectivity index (χ4v) is 3.39. The van der Waals surface area contributed by atoms with Gasteiger partial charge in [-0.05, 0) is 35.7 Å². The van der Waals surface area contributed by atoms with E-state index in [2.05, 4.69) is 36.2 Å². The quantitative estimate of drug-likeness (QED) is 0.488. The Morgan fingerprint density at radius 3 is 2.50 bits per heavy atom. The fourth-order valence-electron chi connectivity index (χ4n) is 2.89. The standard InChI is InChI=1S/C22H22Cl2N2O2/c1-3-15-4-6-16(7-5-15)14-26(2)22(27)11-10-21-25-13-20(28-21)18-9-8-17(23)12-19(18)24/h4-9,12-13H,3,10-11,14H2,1-2H3. The Morgan fingerprint density at radius 2 is 1.82 bits per heavy atom. The molecule has 146 valence electrons. The maximum Gasteiger partial charge on any atom is 0.223 e. The molecule has 0 aliphatic rings. The number of amides is 1. The van der Waals surface area contributed by atoms with Gasteiger partial charge in [-0.1, -0.05) is 54.4 Å². The summed E-state index contributed by atoms with van der Waals surface area (Å²) in [7, 11) is 1.81. The minimum absolute atomic E-state index is 0.0452. The summed E-state index contributed by atoms with van der Waals surface area (Å²) in [4.78, 5) is 18.4. The van der Waals surface area contributed by atoms with E-state index in [0.29, 0.717) is 41.1 Å². The molecule has 0 fully saturated rings. The van der Waals surface area contributed by atoms with Crippen LogP contribution in [0.3, 0.4) is 0 Å². The molecular weight excluding hydrogens is 395 g/mol. The fraction of sp³-hybridized carbons (Fsp3) is 0.273. The first kappa shape index (κ1) is 20.4. The number of hydrogen-bond donors (Lipinski definition) is 0. The summed E-state index contributed by atoms with van der Waals surface area (Å²) in [5.41, 5.74) is 3.13. The van der Waals surface area contributed by atoms with E-state index in [-0.39, 0.29) is 5.91 Å². The second-order valence-corrected chi connectivity index (χ2v) is 7.51. The molecular formula is C22H22Cl2N2O2. The van der Waals surface area contributed by atoms with Gasteiger partial charge in [-0.15, -0.1) is 0 Å². The van der Waals surface area contributed by atoms with Crippen LogP contribution in [0, 0.1) is 0 Å². The maximum atomic E-state index is 12.4. The van der Waals surface area contributed by atoms with Gasteiger partial charge in [-0.2, -0.15) is 0 Å². The van der Waals surface area contributed by atoms with Crippen molar-refractivity contribution in [3.63, 3.8) is 0 Å². The Bertz CT molecular complexity index is 951. The Hall–Kier alpha value is -2.30. The number of rotatable bonds is 7. The van der Waals surface area contributed by atoms with Gasteiger partial charge in [0.1, 0.15) is 0 Å². The Labute approximate surface area is 175 Å². The number of halogens is 2. The molecule has 0 saturated carbocycles. The molecule has 0 saturated heterocycles. The van der Waals surface area contributed by atoms with Crippen LogP contribution in [0.5, 0.6) is 0 Å². The Balaban J connectivity index is 1.56. The predicted octanol–water partition coefficient (Wildman–Crippen LogP) is 5.80. The molecule has 0 unspecified atom stereocenters. The van der Waals surface area contributed by atoms with Gasteiger partial charge in [0, 0.05) is 37.0 Å². The number of aromatic nitrogens is 1. The lowest BCUT2D eigenvalue weighted by atomic mass is 10.1. The molecule has 3 rings (SSSR count). The molecule has 0 radical (unpaired) electrons. The first-order valence-electron chi connectivity index (χ1n) is 9.18. The van der Waals surface area contributed by atoms with Crippen molar-refractivity contribution in [2.24, 2.45) is 0 Å². The second-order valence-electron chi connectivity index (χ2n) is 6.66. The van der Waals surface area contributed by atoms with Gasteiger partial charge in [0.2, 0.25) is 5.91 Å². The van der Waals surface area contributed by atoms with E-state index in [0.717, 1.165) is 17.5 Å². The van der Waals surface area contributed by atoms with Crippen molar-refractivity contribution in [2.45, 2.75) is 32.7 Å². The third-order valence-corrected chi connectivity index (χ3v) is 5.13. The van der Waals surface area contributed by atoms with Gasteiger partial charge in [0.05, 0.1) is 11.2 Å². The number of carbonyl (C=O) groups is 1. The number of oxazole rings is 1. The summed E-state index contributed by atoms with van der Waals surface area (Å²) >= 11 is 12.1. The van der Waals surface area contributed by atoms with E-state index in [9.17, 15) is 4.79 Å². The smallest absolute Gasteiger partial charge is 0.223 e. The van der Waals surface area contributed by atoms with Crippen LogP contribution in [0.15, 0.2) is 53.1 Å². The second kappa shape index (κ2) is 9.26. The van der Waals surface area contributed by atoms with Crippen molar-refractivity contribution >= 4 is 29.1 Å². The van der Waals surface area contributed by atoms with E-state index >= 15 is 0 Å². The van der Waals surface area contributed by atoms with Crippen molar-refractivity contribution < 1.29 is 9.21 Å².